The summed E-state index contributed by atoms with van der Waals surface area (Å²) >= 11 is 0. The Morgan fingerprint density at radius 3 is 2.52 bits per heavy atom. The van der Waals surface area contributed by atoms with E-state index in [2.05, 4.69) is 5.32 Å². The third kappa shape index (κ3) is 6.55. The number of hydrogen-bond acceptors (Lipinski definition) is 7. The van der Waals surface area contributed by atoms with Gasteiger partial charge in [-0.2, -0.15) is 0 Å². The highest BCUT2D eigenvalue weighted by atomic mass is 16.6. The first-order chi connectivity index (χ1) is 11.5. The smallest absolute Gasteiger partial charge is 0.407 e. The molecule has 1 aromatic carbocycles. The molecule has 0 spiro atoms. The molecule has 0 saturated heterocycles. The van der Waals surface area contributed by atoms with Crippen LogP contribution in [0.1, 0.15) is 38.9 Å². The van der Waals surface area contributed by atoms with E-state index in [0.717, 1.165) is 6.07 Å². The van der Waals surface area contributed by atoms with Gasteiger partial charge in [-0.1, -0.05) is 0 Å². The van der Waals surface area contributed by atoms with E-state index in [1.54, 1.807) is 20.8 Å². The molecule has 3 N–H and O–H groups in total. The molecule has 0 radical (unpaired) electrons. The second-order valence-corrected chi connectivity index (χ2v) is 6.41. The molecule has 0 bridgehead atoms. The molecule has 0 saturated carbocycles. The normalized spacial score (nSPS) is 13.7. The van der Waals surface area contributed by atoms with Gasteiger partial charge in [0.2, 0.25) is 0 Å². The van der Waals surface area contributed by atoms with Crippen LogP contribution in [0.15, 0.2) is 18.2 Å². The van der Waals surface area contributed by atoms with Crippen LogP contribution in [0.25, 0.3) is 0 Å². The van der Waals surface area contributed by atoms with Crippen molar-refractivity contribution in [3.63, 3.8) is 0 Å². The molecule has 0 aliphatic rings. The zero-order valence-corrected chi connectivity index (χ0v) is 14.7. The number of aliphatic hydroxyl groups excluding tert-OH is 2. The van der Waals surface area contributed by atoms with Gasteiger partial charge in [-0.3, -0.25) is 10.1 Å². The SMILES string of the molecule is COc1ccc([N+](=O)[O-])cc1C(O)C(O)CCNC(=O)OC(C)(C)C. The molecule has 0 aliphatic carbocycles. The Hall–Kier alpha value is -2.39. The van der Waals surface area contributed by atoms with Crippen LogP contribution in [0.4, 0.5) is 10.5 Å². The molecule has 9 nitrogen and oxygen atoms in total. The van der Waals surface area contributed by atoms with Gasteiger partial charge in [0.1, 0.15) is 17.5 Å². The number of aliphatic hydroxyl groups is 2. The van der Waals surface area contributed by atoms with Gasteiger partial charge >= 0.3 is 6.09 Å². The van der Waals surface area contributed by atoms with Crippen LogP contribution in [0, 0.1) is 10.1 Å². The summed E-state index contributed by atoms with van der Waals surface area (Å²) in [6, 6.07) is 3.74. The third-order valence-electron chi connectivity index (χ3n) is 3.22. The Kier molecular flexibility index (Phi) is 7.13. The average Bonchev–Trinajstić information content (AvgIpc) is 2.51. The first kappa shape index (κ1) is 20.7. The molecule has 1 aromatic rings. The number of ether oxygens (including phenoxy) is 2. The lowest BCUT2D eigenvalue weighted by Gasteiger charge is -2.22. The first-order valence-corrected chi connectivity index (χ1v) is 7.70. The summed E-state index contributed by atoms with van der Waals surface area (Å²) < 4.78 is 10.1. The lowest BCUT2D eigenvalue weighted by atomic mass is 10.0. The number of hydrogen-bond donors (Lipinski definition) is 3. The minimum atomic E-state index is -1.41. The molecule has 0 heterocycles. The molecule has 9 heteroatoms. The van der Waals surface area contributed by atoms with Gasteiger partial charge in [0.05, 0.1) is 18.1 Å². The zero-order valence-electron chi connectivity index (χ0n) is 14.7. The van der Waals surface area contributed by atoms with E-state index >= 15 is 0 Å². The highest BCUT2D eigenvalue weighted by molar-refractivity contribution is 5.67. The third-order valence-corrected chi connectivity index (χ3v) is 3.22. The molecule has 1 amide bonds. The zero-order chi connectivity index (χ0) is 19.2. The number of nitro groups is 1. The number of rotatable bonds is 7. The van der Waals surface area contributed by atoms with E-state index in [1.807, 2.05) is 0 Å². The lowest BCUT2D eigenvalue weighted by Crippen LogP contribution is -2.34. The topological polar surface area (TPSA) is 131 Å². The predicted octanol–water partition coefficient (Wildman–Crippen LogP) is 1.91. The van der Waals surface area contributed by atoms with Crippen LogP contribution in [-0.4, -0.2) is 46.6 Å². The Balaban J connectivity index is 2.70. The number of carbonyl (C=O) groups excluding carboxylic acids is 1. The molecule has 25 heavy (non-hydrogen) atoms. The van der Waals surface area contributed by atoms with Crippen molar-refractivity contribution in [2.75, 3.05) is 13.7 Å². The van der Waals surface area contributed by atoms with E-state index in [0.29, 0.717) is 0 Å². The van der Waals surface area contributed by atoms with Crippen LogP contribution in [0.2, 0.25) is 0 Å². The fourth-order valence-electron chi connectivity index (χ4n) is 2.07. The van der Waals surface area contributed by atoms with Gasteiger partial charge in [-0.25, -0.2) is 4.79 Å². The first-order valence-electron chi connectivity index (χ1n) is 7.70. The molecule has 0 aliphatic heterocycles. The Morgan fingerprint density at radius 1 is 1.36 bits per heavy atom. The average molecular weight is 356 g/mol. The van der Waals surface area contributed by atoms with Gasteiger partial charge in [0.25, 0.3) is 5.69 Å². The Labute approximate surface area is 145 Å². The highest BCUT2D eigenvalue weighted by Gasteiger charge is 2.24. The Bertz CT molecular complexity index is 613. The van der Waals surface area contributed by atoms with E-state index < -0.39 is 28.8 Å². The van der Waals surface area contributed by atoms with Crippen molar-refractivity contribution in [2.45, 2.75) is 45.0 Å². The number of nitrogens with zero attached hydrogens (tertiary/aromatic N) is 1. The number of non-ortho nitro benzene ring substituents is 1. The summed E-state index contributed by atoms with van der Waals surface area (Å²) in [5.74, 6) is 0.220. The molecule has 2 unspecified atom stereocenters. The van der Waals surface area contributed by atoms with Gasteiger partial charge < -0.3 is 25.0 Å². The quantitative estimate of drug-likeness (QED) is 0.502. The monoisotopic (exact) mass is 356 g/mol. The number of nitrogens with one attached hydrogen (secondary N) is 1. The van der Waals surface area contributed by atoms with Crippen LogP contribution >= 0.6 is 0 Å². The molecule has 1 rings (SSSR count). The van der Waals surface area contributed by atoms with Gasteiger partial charge in [0, 0.05) is 24.2 Å². The van der Waals surface area contributed by atoms with Crippen molar-refractivity contribution in [2.24, 2.45) is 0 Å². The second-order valence-electron chi connectivity index (χ2n) is 6.41. The summed E-state index contributed by atoms with van der Waals surface area (Å²) in [4.78, 5) is 21.8. The standard InChI is InChI=1S/C16H24N2O7/c1-16(2,3)25-15(21)17-8-7-12(19)14(20)11-9-10(18(22)23)5-6-13(11)24-4/h5-6,9,12,14,19-20H,7-8H2,1-4H3,(H,17,21). The van der Waals surface area contributed by atoms with Crippen molar-refractivity contribution in [3.05, 3.63) is 33.9 Å². The van der Waals surface area contributed by atoms with E-state index in [9.17, 15) is 25.1 Å². The second kappa shape index (κ2) is 8.63. The van der Waals surface area contributed by atoms with Gasteiger partial charge in [0.15, 0.2) is 0 Å². The molecule has 0 aromatic heterocycles. The van der Waals surface area contributed by atoms with E-state index in [-0.39, 0.29) is 30.0 Å². The van der Waals surface area contributed by atoms with Crippen molar-refractivity contribution < 1.29 is 29.4 Å². The lowest BCUT2D eigenvalue weighted by molar-refractivity contribution is -0.385. The fraction of sp³-hybridized carbons (Fsp3) is 0.562. The molecular formula is C16H24N2O7. The maximum absolute atomic E-state index is 11.5. The molecule has 140 valence electrons. The van der Waals surface area contributed by atoms with Crippen molar-refractivity contribution >= 4 is 11.8 Å². The number of nitro benzene ring substituents is 1. The van der Waals surface area contributed by atoms with Crippen LogP contribution in [-0.2, 0) is 4.74 Å². The minimum Gasteiger partial charge on any atom is -0.496 e. The number of carbonyl (C=O) groups is 1. The van der Waals surface area contributed by atoms with Crippen molar-refractivity contribution in [1.82, 2.24) is 5.32 Å². The van der Waals surface area contributed by atoms with E-state index in [4.69, 9.17) is 9.47 Å². The number of benzene rings is 1. The molecule has 2 atom stereocenters. The van der Waals surface area contributed by atoms with E-state index in [1.165, 1.54) is 19.2 Å². The molecule has 0 fully saturated rings. The fourth-order valence-corrected chi connectivity index (χ4v) is 2.07. The maximum atomic E-state index is 11.5. The summed E-state index contributed by atoms with van der Waals surface area (Å²) in [5, 5.41) is 33.7. The van der Waals surface area contributed by atoms with Gasteiger partial charge in [-0.15, -0.1) is 0 Å². The van der Waals surface area contributed by atoms with Crippen LogP contribution < -0.4 is 10.1 Å². The maximum Gasteiger partial charge on any atom is 0.407 e. The predicted molar refractivity (Wildman–Crippen MR) is 89.5 cm³/mol. The van der Waals surface area contributed by atoms with Crippen molar-refractivity contribution in [1.29, 1.82) is 0 Å². The highest BCUT2D eigenvalue weighted by Crippen LogP contribution is 2.31. The number of alkyl carbamates (subject to hydrolysis) is 1. The number of methoxy groups -OCH3 is 1. The summed E-state index contributed by atoms with van der Waals surface area (Å²) in [5.41, 5.74) is -0.770. The number of amides is 1. The van der Waals surface area contributed by atoms with Crippen LogP contribution in [0.3, 0.4) is 0 Å². The Morgan fingerprint density at radius 2 is 2.00 bits per heavy atom. The summed E-state index contributed by atoms with van der Waals surface area (Å²) in [6.45, 7) is 5.23. The molecular weight excluding hydrogens is 332 g/mol. The summed E-state index contributed by atoms with van der Waals surface area (Å²) in [7, 11) is 1.35. The van der Waals surface area contributed by atoms with Gasteiger partial charge in [-0.05, 0) is 33.3 Å². The largest absolute Gasteiger partial charge is 0.496 e. The van der Waals surface area contributed by atoms with Crippen LogP contribution in [0.5, 0.6) is 5.75 Å². The van der Waals surface area contributed by atoms with Crippen molar-refractivity contribution in [3.8, 4) is 5.75 Å². The summed E-state index contributed by atoms with van der Waals surface area (Å²) in [6.07, 6.45) is -3.28. The minimum absolute atomic E-state index is 0.0201.